The third-order valence-corrected chi connectivity index (χ3v) is 3.56. The second kappa shape index (κ2) is 6.24. The fourth-order valence-electron chi connectivity index (χ4n) is 1.37. The van der Waals surface area contributed by atoms with Gasteiger partial charge in [-0.25, -0.2) is 8.42 Å². The third-order valence-electron chi connectivity index (χ3n) is 2.31. The number of hydrogen-bond donors (Lipinski definition) is 0. The van der Waals surface area contributed by atoms with Crippen LogP contribution >= 0.6 is 0 Å². The lowest BCUT2D eigenvalue weighted by atomic mass is 10.1. The van der Waals surface area contributed by atoms with Gasteiger partial charge in [0.1, 0.15) is 0 Å². The van der Waals surface area contributed by atoms with Crippen molar-refractivity contribution in [3.63, 3.8) is 0 Å². The van der Waals surface area contributed by atoms with E-state index in [2.05, 4.69) is 9.43 Å². The van der Waals surface area contributed by atoms with Gasteiger partial charge in [0.2, 0.25) is 0 Å². The Morgan fingerprint density at radius 2 is 2.00 bits per heavy atom. The van der Waals surface area contributed by atoms with Gasteiger partial charge in [0.15, 0.2) is 0 Å². The number of azide groups is 1. The van der Waals surface area contributed by atoms with Crippen LogP contribution in [-0.2, 0) is 16.6 Å². The van der Waals surface area contributed by atoms with Crippen molar-refractivity contribution in [2.24, 2.45) is 4.52 Å². The first-order valence-electron chi connectivity index (χ1n) is 5.13. The predicted molar refractivity (Wildman–Crippen MR) is 65.5 cm³/mol. The fourth-order valence-corrected chi connectivity index (χ4v) is 1.95. The summed E-state index contributed by atoms with van der Waals surface area (Å²) in [4.78, 5) is 2.29. The van der Waals surface area contributed by atoms with Gasteiger partial charge in [0.25, 0.3) is 0 Å². The minimum atomic E-state index is -3.82. The molecular formula is C10H14N4O2S. The minimum Gasteiger partial charge on any atom is -0.204 e. The molecule has 0 spiro atoms. The highest BCUT2D eigenvalue weighted by Crippen LogP contribution is 2.06. The zero-order valence-electron chi connectivity index (χ0n) is 9.52. The van der Waals surface area contributed by atoms with Gasteiger partial charge in [-0.1, -0.05) is 30.3 Å². The zero-order chi connectivity index (χ0) is 12.7. The molecule has 0 bridgehead atoms. The predicted octanol–water partition coefficient (Wildman–Crippen LogP) is 2.11. The average molecular weight is 254 g/mol. The van der Waals surface area contributed by atoms with Crippen molar-refractivity contribution in [1.82, 2.24) is 4.31 Å². The van der Waals surface area contributed by atoms with Gasteiger partial charge in [-0.2, -0.15) is 4.31 Å². The van der Waals surface area contributed by atoms with Crippen LogP contribution in [0.5, 0.6) is 0 Å². The van der Waals surface area contributed by atoms with Crippen molar-refractivity contribution in [2.75, 3.05) is 13.6 Å². The molecule has 0 N–H and O–H groups in total. The highest BCUT2D eigenvalue weighted by molar-refractivity contribution is 7.87. The molecule has 0 aliphatic heterocycles. The topological polar surface area (TPSA) is 86.1 Å². The summed E-state index contributed by atoms with van der Waals surface area (Å²) in [6.07, 6.45) is 1.47. The van der Waals surface area contributed by atoms with Crippen LogP contribution < -0.4 is 0 Å². The van der Waals surface area contributed by atoms with Gasteiger partial charge in [-0.05, 0) is 23.9 Å². The molecular weight excluding hydrogens is 240 g/mol. The maximum Gasteiger partial charge on any atom is 0.302 e. The first-order chi connectivity index (χ1) is 8.06. The van der Waals surface area contributed by atoms with E-state index in [-0.39, 0.29) is 0 Å². The maximum absolute atomic E-state index is 11.3. The van der Waals surface area contributed by atoms with Crippen molar-refractivity contribution in [2.45, 2.75) is 12.8 Å². The Bertz CT molecular complexity index is 494. The quantitative estimate of drug-likeness (QED) is 0.442. The molecule has 0 aliphatic carbocycles. The van der Waals surface area contributed by atoms with E-state index in [1.54, 1.807) is 0 Å². The fraction of sp³-hybridized carbons (Fsp3) is 0.400. The molecule has 0 fully saturated rings. The average Bonchev–Trinajstić information content (AvgIpc) is 2.30. The summed E-state index contributed by atoms with van der Waals surface area (Å²) in [5.74, 6) is 0. The molecule has 0 amide bonds. The summed E-state index contributed by atoms with van der Waals surface area (Å²) in [7, 11) is -2.43. The lowest BCUT2D eigenvalue weighted by Gasteiger charge is -2.12. The molecule has 0 unspecified atom stereocenters. The van der Waals surface area contributed by atoms with Gasteiger partial charge in [-0.3, -0.25) is 0 Å². The number of benzene rings is 1. The Hall–Kier alpha value is -1.56. The van der Waals surface area contributed by atoms with Crippen LogP contribution in [-0.4, -0.2) is 26.3 Å². The van der Waals surface area contributed by atoms with E-state index in [1.807, 2.05) is 30.3 Å². The van der Waals surface area contributed by atoms with Gasteiger partial charge in [0.05, 0.1) is 0 Å². The van der Waals surface area contributed by atoms with Crippen LogP contribution in [0.4, 0.5) is 0 Å². The van der Waals surface area contributed by atoms with Crippen molar-refractivity contribution in [1.29, 1.82) is 0 Å². The molecule has 92 valence electrons. The molecule has 0 aromatic heterocycles. The van der Waals surface area contributed by atoms with E-state index in [0.29, 0.717) is 13.0 Å². The summed E-state index contributed by atoms with van der Waals surface area (Å²) < 4.78 is 26.4. The van der Waals surface area contributed by atoms with E-state index in [9.17, 15) is 8.42 Å². The lowest BCUT2D eigenvalue weighted by Crippen LogP contribution is -2.25. The summed E-state index contributed by atoms with van der Waals surface area (Å²) >= 11 is 0. The molecule has 17 heavy (non-hydrogen) atoms. The molecule has 7 heteroatoms. The summed E-state index contributed by atoms with van der Waals surface area (Å²) in [6.45, 7) is 0.330. The van der Waals surface area contributed by atoms with E-state index < -0.39 is 10.2 Å². The molecule has 0 radical (unpaired) electrons. The molecule has 0 saturated heterocycles. The van der Waals surface area contributed by atoms with Gasteiger partial charge in [0, 0.05) is 23.0 Å². The van der Waals surface area contributed by atoms with Crippen molar-refractivity contribution in [3.05, 3.63) is 46.3 Å². The first kappa shape index (κ1) is 13.5. The highest BCUT2D eigenvalue weighted by Gasteiger charge is 2.14. The summed E-state index contributed by atoms with van der Waals surface area (Å²) in [6, 6.07) is 9.79. The molecule has 0 heterocycles. The molecule has 1 rings (SSSR count). The van der Waals surface area contributed by atoms with Crippen LogP contribution in [0.1, 0.15) is 12.0 Å². The van der Waals surface area contributed by atoms with E-state index in [1.165, 1.54) is 7.05 Å². The van der Waals surface area contributed by atoms with Crippen molar-refractivity contribution in [3.8, 4) is 0 Å². The van der Waals surface area contributed by atoms with Gasteiger partial charge >= 0.3 is 10.2 Å². The Morgan fingerprint density at radius 3 is 2.59 bits per heavy atom. The van der Waals surface area contributed by atoms with E-state index in [4.69, 9.17) is 5.53 Å². The Labute approximate surface area is 101 Å². The van der Waals surface area contributed by atoms with Gasteiger partial charge in [-0.15, -0.1) is 0 Å². The third kappa shape index (κ3) is 4.44. The molecule has 1 aromatic rings. The van der Waals surface area contributed by atoms with Crippen molar-refractivity contribution < 1.29 is 8.42 Å². The van der Waals surface area contributed by atoms with Crippen LogP contribution in [0.15, 0.2) is 34.9 Å². The smallest absolute Gasteiger partial charge is 0.204 e. The molecule has 0 saturated carbocycles. The molecule has 6 nitrogen and oxygen atoms in total. The second-order valence-electron chi connectivity index (χ2n) is 3.56. The molecule has 1 aromatic carbocycles. The van der Waals surface area contributed by atoms with Crippen LogP contribution in [0, 0.1) is 0 Å². The number of rotatable bonds is 6. The van der Waals surface area contributed by atoms with Gasteiger partial charge < -0.3 is 0 Å². The largest absolute Gasteiger partial charge is 0.302 e. The number of nitrogens with zero attached hydrogens (tertiary/aromatic N) is 4. The van der Waals surface area contributed by atoms with E-state index >= 15 is 0 Å². The van der Waals surface area contributed by atoms with Crippen LogP contribution in [0.3, 0.4) is 0 Å². The molecule has 0 atom stereocenters. The minimum absolute atomic E-state index is 0.330. The molecule has 0 aliphatic rings. The SMILES string of the molecule is CN(CCCc1ccccc1)S(=O)(=O)N=[N+]=[N-]. The number of hydrogen-bond acceptors (Lipinski definition) is 2. The zero-order valence-corrected chi connectivity index (χ0v) is 10.3. The van der Waals surface area contributed by atoms with Crippen LogP contribution in [0.2, 0.25) is 0 Å². The monoisotopic (exact) mass is 254 g/mol. The normalized spacial score (nSPS) is 11.2. The standard InChI is InChI=1S/C10H14N4O2S/c1-14(17(15,16)13-12-11)9-5-8-10-6-3-2-4-7-10/h2-4,6-7H,5,8-9H2,1H3. The maximum atomic E-state index is 11.3. The lowest BCUT2D eigenvalue weighted by molar-refractivity contribution is 0.462. The van der Waals surface area contributed by atoms with Crippen molar-refractivity contribution >= 4 is 10.2 Å². The summed E-state index contributed by atoms with van der Waals surface area (Å²) in [5.41, 5.74) is 9.26. The Morgan fingerprint density at radius 1 is 1.35 bits per heavy atom. The number of aryl methyl sites for hydroxylation is 1. The summed E-state index contributed by atoms with van der Waals surface area (Å²) in [5, 5.41) is 0. The second-order valence-corrected chi connectivity index (χ2v) is 5.24. The van der Waals surface area contributed by atoms with E-state index in [0.717, 1.165) is 16.3 Å². The highest BCUT2D eigenvalue weighted by atomic mass is 32.2. The first-order valence-corrected chi connectivity index (χ1v) is 6.52. The van der Waals surface area contributed by atoms with Crippen LogP contribution in [0.25, 0.3) is 10.4 Å². The Kier molecular flexibility index (Phi) is 4.96. The Balaban J connectivity index is 2.45.